The van der Waals surface area contributed by atoms with E-state index in [-0.39, 0.29) is 12.7 Å². The van der Waals surface area contributed by atoms with Crippen LogP contribution in [0.4, 0.5) is 0 Å². The van der Waals surface area contributed by atoms with E-state index in [4.69, 9.17) is 14.2 Å². The molecule has 2 heterocycles. The lowest BCUT2D eigenvalue weighted by Gasteiger charge is -2.12. The number of carbonyl (C=O) groups excluding carboxylic acids is 2. The zero-order valence-corrected chi connectivity index (χ0v) is 16.4. The van der Waals surface area contributed by atoms with Crippen molar-refractivity contribution in [1.29, 1.82) is 0 Å². The molecule has 8 heteroatoms. The number of para-hydroxylation sites is 1. The van der Waals surface area contributed by atoms with Crippen LogP contribution >= 0.6 is 11.3 Å². The van der Waals surface area contributed by atoms with E-state index in [1.54, 1.807) is 18.2 Å². The number of hydrogen-bond donors (Lipinski definition) is 1. The first kappa shape index (κ1) is 18.9. The van der Waals surface area contributed by atoms with Gasteiger partial charge in [0.25, 0.3) is 5.91 Å². The molecule has 0 saturated heterocycles. The smallest absolute Gasteiger partial charge is 0.331 e. The molecule has 0 spiro atoms. The SMILES string of the molecule is C[C@@H](OC(=O)/C=C/c1nc2ccccc2s1)C(=O)NCc1ccc2c(c1)OCO2. The van der Waals surface area contributed by atoms with Crippen molar-refractivity contribution in [3.63, 3.8) is 0 Å². The summed E-state index contributed by atoms with van der Waals surface area (Å²) in [5, 5.41) is 3.44. The van der Waals surface area contributed by atoms with Crippen molar-refractivity contribution in [2.75, 3.05) is 6.79 Å². The van der Waals surface area contributed by atoms with Gasteiger partial charge in [-0.15, -0.1) is 11.3 Å². The number of thiazole rings is 1. The zero-order chi connectivity index (χ0) is 20.2. The summed E-state index contributed by atoms with van der Waals surface area (Å²) < 4.78 is 16.8. The van der Waals surface area contributed by atoms with Gasteiger partial charge in [-0.1, -0.05) is 18.2 Å². The van der Waals surface area contributed by atoms with E-state index >= 15 is 0 Å². The summed E-state index contributed by atoms with van der Waals surface area (Å²) in [5.41, 5.74) is 1.73. The minimum absolute atomic E-state index is 0.197. The van der Waals surface area contributed by atoms with Gasteiger partial charge in [-0.05, 0) is 42.8 Å². The molecule has 0 bridgehead atoms. The Morgan fingerprint density at radius 3 is 2.93 bits per heavy atom. The summed E-state index contributed by atoms with van der Waals surface area (Å²) in [6, 6.07) is 13.2. The second-order valence-electron chi connectivity index (χ2n) is 6.34. The minimum atomic E-state index is -0.920. The van der Waals surface area contributed by atoms with Crippen LogP contribution in [0.3, 0.4) is 0 Å². The van der Waals surface area contributed by atoms with Gasteiger partial charge in [0.05, 0.1) is 10.2 Å². The molecule has 1 aromatic heterocycles. The van der Waals surface area contributed by atoms with Crippen molar-refractivity contribution in [2.24, 2.45) is 0 Å². The van der Waals surface area contributed by atoms with Gasteiger partial charge < -0.3 is 19.5 Å². The highest BCUT2D eigenvalue weighted by atomic mass is 32.1. The summed E-state index contributed by atoms with van der Waals surface area (Å²) in [4.78, 5) is 28.6. The molecule has 0 unspecified atom stereocenters. The van der Waals surface area contributed by atoms with Crippen LogP contribution in [-0.4, -0.2) is 29.8 Å². The molecule has 0 radical (unpaired) electrons. The van der Waals surface area contributed by atoms with Gasteiger partial charge in [0.2, 0.25) is 6.79 Å². The number of carbonyl (C=O) groups is 2. The average molecular weight is 410 g/mol. The highest BCUT2D eigenvalue weighted by molar-refractivity contribution is 7.19. The highest BCUT2D eigenvalue weighted by Gasteiger charge is 2.17. The molecular formula is C21H18N2O5S. The maximum atomic E-state index is 12.2. The molecule has 1 aliphatic rings. The Morgan fingerprint density at radius 1 is 1.24 bits per heavy atom. The van der Waals surface area contributed by atoms with Gasteiger partial charge in [0.15, 0.2) is 17.6 Å². The van der Waals surface area contributed by atoms with E-state index < -0.39 is 12.1 Å². The normalized spacial score (nSPS) is 13.6. The first-order valence-corrected chi connectivity index (χ1v) is 9.80. The van der Waals surface area contributed by atoms with Crippen LogP contribution in [0.2, 0.25) is 0 Å². The Kier molecular flexibility index (Phi) is 5.44. The van der Waals surface area contributed by atoms with Gasteiger partial charge in [-0.2, -0.15) is 0 Å². The fraction of sp³-hybridized carbons (Fsp3) is 0.190. The lowest BCUT2D eigenvalue weighted by atomic mass is 10.2. The van der Waals surface area contributed by atoms with E-state index in [1.165, 1.54) is 24.3 Å². The topological polar surface area (TPSA) is 86.8 Å². The number of esters is 1. The molecule has 29 heavy (non-hydrogen) atoms. The van der Waals surface area contributed by atoms with Crippen LogP contribution in [0, 0.1) is 0 Å². The molecule has 0 fully saturated rings. The molecule has 0 saturated carbocycles. The summed E-state index contributed by atoms with van der Waals surface area (Å²) in [7, 11) is 0. The van der Waals surface area contributed by atoms with Crippen LogP contribution < -0.4 is 14.8 Å². The quantitative estimate of drug-likeness (QED) is 0.496. The second kappa shape index (κ2) is 8.32. The number of nitrogens with one attached hydrogen (secondary N) is 1. The molecule has 1 N–H and O–H groups in total. The molecule has 148 valence electrons. The third-order valence-corrected chi connectivity index (χ3v) is 5.24. The minimum Gasteiger partial charge on any atom is -0.454 e. The Labute approximate surface area is 170 Å². The largest absolute Gasteiger partial charge is 0.454 e. The molecule has 2 aromatic carbocycles. The standard InChI is InChI=1S/C21H18N2O5S/c1-13(21(25)22-11-14-6-7-16-17(10-14)27-12-26-16)28-20(24)9-8-19-23-15-4-2-3-5-18(15)29-19/h2-10,13H,11-12H2,1H3,(H,22,25)/b9-8+/t13-/m1/s1. The number of hydrogen-bond acceptors (Lipinski definition) is 7. The van der Waals surface area contributed by atoms with Crippen molar-refractivity contribution in [3.8, 4) is 11.5 Å². The van der Waals surface area contributed by atoms with E-state index in [0.717, 1.165) is 15.8 Å². The average Bonchev–Trinajstić information content (AvgIpc) is 3.36. The lowest BCUT2D eigenvalue weighted by molar-refractivity contribution is -0.150. The predicted octanol–water partition coefficient (Wildman–Crippen LogP) is 3.29. The van der Waals surface area contributed by atoms with E-state index in [1.807, 2.05) is 30.3 Å². The van der Waals surface area contributed by atoms with Crippen molar-refractivity contribution in [1.82, 2.24) is 10.3 Å². The summed E-state index contributed by atoms with van der Waals surface area (Å²) >= 11 is 1.47. The Balaban J connectivity index is 1.28. The maximum absolute atomic E-state index is 12.2. The number of amides is 1. The van der Waals surface area contributed by atoms with Crippen LogP contribution in [0.5, 0.6) is 11.5 Å². The predicted molar refractivity (Wildman–Crippen MR) is 109 cm³/mol. The summed E-state index contributed by atoms with van der Waals surface area (Å²) in [6.45, 7) is 2.01. The van der Waals surface area contributed by atoms with Crippen molar-refractivity contribution < 1.29 is 23.8 Å². The van der Waals surface area contributed by atoms with Crippen LogP contribution in [0.15, 0.2) is 48.5 Å². The van der Waals surface area contributed by atoms with Crippen molar-refractivity contribution in [3.05, 3.63) is 59.1 Å². The monoisotopic (exact) mass is 410 g/mol. The number of aromatic nitrogens is 1. The molecule has 0 aliphatic carbocycles. The van der Waals surface area contributed by atoms with E-state index in [9.17, 15) is 9.59 Å². The highest BCUT2D eigenvalue weighted by Crippen LogP contribution is 2.32. The van der Waals surface area contributed by atoms with Gasteiger partial charge in [0.1, 0.15) is 5.01 Å². The molecule has 1 atom stereocenters. The van der Waals surface area contributed by atoms with Crippen molar-refractivity contribution in [2.45, 2.75) is 19.6 Å². The van der Waals surface area contributed by atoms with Crippen LogP contribution in [0.1, 0.15) is 17.5 Å². The summed E-state index contributed by atoms with van der Waals surface area (Å²) in [6.07, 6.45) is 1.94. The Hall–Kier alpha value is -3.39. The van der Waals surface area contributed by atoms with Crippen LogP contribution in [-0.2, 0) is 20.9 Å². The maximum Gasteiger partial charge on any atom is 0.331 e. The van der Waals surface area contributed by atoms with Crippen molar-refractivity contribution >= 4 is 39.5 Å². The third-order valence-electron chi connectivity index (χ3n) is 4.24. The fourth-order valence-electron chi connectivity index (χ4n) is 2.75. The van der Waals surface area contributed by atoms with E-state index in [0.29, 0.717) is 23.1 Å². The molecular weight excluding hydrogens is 392 g/mol. The number of nitrogens with zero attached hydrogens (tertiary/aromatic N) is 1. The number of rotatable bonds is 6. The fourth-order valence-corrected chi connectivity index (χ4v) is 3.62. The molecule has 1 amide bonds. The van der Waals surface area contributed by atoms with Gasteiger partial charge in [-0.25, -0.2) is 9.78 Å². The van der Waals surface area contributed by atoms with E-state index in [2.05, 4.69) is 10.3 Å². The number of benzene rings is 2. The molecule has 7 nitrogen and oxygen atoms in total. The first-order valence-electron chi connectivity index (χ1n) is 8.99. The number of ether oxygens (including phenoxy) is 3. The third kappa shape index (κ3) is 4.55. The van der Waals surface area contributed by atoms with Gasteiger partial charge in [-0.3, -0.25) is 4.79 Å². The summed E-state index contributed by atoms with van der Waals surface area (Å²) in [5.74, 6) is 0.345. The van der Waals surface area contributed by atoms with Gasteiger partial charge in [0, 0.05) is 12.6 Å². The molecule has 4 rings (SSSR count). The first-order chi connectivity index (χ1) is 14.1. The Bertz CT molecular complexity index is 1060. The van der Waals surface area contributed by atoms with Crippen LogP contribution in [0.25, 0.3) is 16.3 Å². The molecule has 1 aliphatic heterocycles. The Morgan fingerprint density at radius 2 is 2.07 bits per heavy atom. The lowest BCUT2D eigenvalue weighted by Crippen LogP contribution is -2.35. The second-order valence-corrected chi connectivity index (χ2v) is 7.40. The zero-order valence-electron chi connectivity index (χ0n) is 15.6. The number of fused-ring (bicyclic) bond motifs is 2. The van der Waals surface area contributed by atoms with Gasteiger partial charge >= 0.3 is 5.97 Å². The molecule has 3 aromatic rings.